The number of amides is 1. The summed E-state index contributed by atoms with van der Waals surface area (Å²) in [4.78, 5) is 16.2. The third-order valence-corrected chi connectivity index (χ3v) is 3.82. The van der Waals surface area contributed by atoms with Crippen LogP contribution in [0.15, 0.2) is 36.9 Å². The second-order valence-corrected chi connectivity index (χ2v) is 5.78. The summed E-state index contributed by atoms with van der Waals surface area (Å²) in [5.74, 6) is -1.12. The van der Waals surface area contributed by atoms with Crippen LogP contribution in [0.5, 0.6) is 5.75 Å². The second-order valence-electron chi connectivity index (χ2n) is 5.78. The average Bonchev–Trinajstić information content (AvgIpc) is 2.55. The number of anilines is 1. The normalized spacial score (nSPS) is 11.2. The molecule has 0 spiro atoms. The van der Waals surface area contributed by atoms with Crippen molar-refractivity contribution in [3.63, 3.8) is 0 Å². The fraction of sp³-hybridized carbons (Fsp3) is 0.263. The number of hydrogen-bond donors (Lipinski definition) is 1. The first-order valence-electron chi connectivity index (χ1n) is 7.85. The number of halogens is 3. The number of ether oxygens (including phenoxy) is 1. The van der Waals surface area contributed by atoms with Crippen LogP contribution in [0.1, 0.15) is 32.9 Å². The van der Waals surface area contributed by atoms with Gasteiger partial charge in [-0.15, -0.1) is 0 Å². The Hall–Kier alpha value is -2.83. The molecule has 0 saturated heterocycles. The SMILES string of the molecule is C=CCOc1cc(C)nc(C(F)(F)F)c1C(=O)Nc1cccc(C)c1C. The van der Waals surface area contributed by atoms with Crippen LogP contribution in [0.4, 0.5) is 18.9 Å². The molecule has 0 aliphatic carbocycles. The zero-order chi connectivity index (χ0) is 19.5. The molecule has 0 unspecified atom stereocenters. The van der Waals surface area contributed by atoms with E-state index in [1.165, 1.54) is 19.1 Å². The highest BCUT2D eigenvalue weighted by Crippen LogP contribution is 2.36. The number of aromatic nitrogens is 1. The zero-order valence-corrected chi connectivity index (χ0v) is 14.7. The predicted molar refractivity (Wildman–Crippen MR) is 93.5 cm³/mol. The number of nitrogens with one attached hydrogen (secondary N) is 1. The number of benzene rings is 1. The van der Waals surface area contributed by atoms with Gasteiger partial charge in [0.2, 0.25) is 0 Å². The summed E-state index contributed by atoms with van der Waals surface area (Å²) in [5.41, 5.74) is 0.273. The van der Waals surface area contributed by atoms with Gasteiger partial charge in [-0.3, -0.25) is 4.79 Å². The maximum absolute atomic E-state index is 13.5. The van der Waals surface area contributed by atoms with Crippen molar-refractivity contribution in [2.45, 2.75) is 26.9 Å². The van der Waals surface area contributed by atoms with Crippen molar-refractivity contribution in [3.8, 4) is 5.75 Å². The lowest BCUT2D eigenvalue weighted by molar-refractivity contribution is -0.141. The lowest BCUT2D eigenvalue weighted by atomic mass is 10.1. The van der Waals surface area contributed by atoms with Crippen molar-refractivity contribution in [1.29, 1.82) is 0 Å². The summed E-state index contributed by atoms with van der Waals surface area (Å²) in [6, 6.07) is 6.49. The molecule has 1 N–H and O–H groups in total. The van der Waals surface area contributed by atoms with E-state index < -0.39 is 23.3 Å². The van der Waals surface area contributed by atoms with Crippen LogP contribution >= 0.6 is 0 Å². The van der Waals surface area contributed by atoms with E-state index in [0.717, 1.165) is 11.1 Å². The Kier molecular flexibility index (Phi) is 5.69. The fourth-order valence-corrected chi connectivity index (χ4v) is 2.40. The molecule has 0 aliphatic heterocycles. The number of aryl methyl sites for hydroxylation is 2. The molecule has 0 aliphatic rings. The first kappa shape index (κ1) is 19.5. The quantitative estimate of drug-likeness (QED) is 0.772. The lowest BCUT2D eigenvalue weighted by Crippen LogP contribution is -2.22. The van der Waals surface area contributed by atoms with E-state index in [9.17, 15) is 18.0 Å². The number of alkyl halides is 3. The Morgan fingerprint density at radius 2 is 2.00 bits per heavy atom. The van der Waals surface area contributed by atoms with Gasteiger partial charge in [-0.05, 0) is 38.0 Å². The third kappa shape index (κ3) is 4.22. The standard InChI is InChI=1S/C19H19F3N2O2/c1-5-9-26-15-10-12(3)23-17(19(20,21)22)16(15)18(25)24-14-8-6-7-11(2)13(14)4/h5-8,10H,1,9H2,2-4H3,(H,24,25). The molecule has 0 radical (unpaired) electrons. The first-order valence-corrected chi connectivity index (χ1v) is 7.85. The third-order valence-electron chi connectivity index (χ3n) is 3.82. The molecule has 4 nitrogen and oxygen atoms in total. The summed E-state index contributed by atoms with van der Waals surface area (Å²) < 4.78 is 45.7. The number of nitrogens with zero attached hydrogens (tertiary/aromatic N) is 1. The number of pyridine rings is 1. The number of carbonyl (C=O) groups is 1. The minimum atomic E-state index is -4.80. The van der Waals surface area contributed by atoms with Gasteiger partial charge in [-0.25, -0.2) is 4.98 Å². The molecule has 1 amide bonds. The summed E-state index contributed by atoms with van der Waals surface area (Å²) in [6.45, 7) is 8.46. The van der Waals surface area contributed by atoms with Crippen LogP contribution in [0.25, 0.3) is 0 Å². The maximum atomic E-state index is 13.5. The van der Waals surface area contributed by atoms with Gasteiger partial charge in [-0.2, -0.15) is 13.2 Å². The summed E-state index contributed by atoms with van der Waals surface area (Å²) in [7, 11) is 0. The van der Waals surface area contributed by atoms with Crippen LogP contribution in [-0.2, 0) is 6.18 Å². The Labute approximate surface area is 149 Å². The summed E-state index contributed by atoms with van der Waals surface area (Å²) in [6.07, 6.45) is -3.41. The van der Waals surface area contributed by atoms with Crippen LogP contribution < -0.4 is 10.1 Å². The van der Waals surface area contributed by atoms with Gasteiger partial charge in [0.15, 0.2) is 5.69 Å². The Bertz CT molecular complexity index is 845. The van der Waals surface area contributed by atoms with Gasteiger partial charge in [0, 0.05) is 17.4 Å². The first-order chi connectivity index (χ1) is 12.1. The summed E-state index contributed by atoms with van der Waals surface area (Å²) in [5, 5.41) is 2.53. The lowest BCUT2D eigenvalue weighted by Gasteiger charge is -2.18. The largest absolute Gasteiger partial charge is 0.489 e. The van der Waals surface area contributed by atoms with Crippen molar-refractivity contribution in [3.05, 3.63) is 65.0 Å². The van der Waals surface area contributed by atoms with Crippen molar-refractivity contribution in [2.24, 2.45) is 0 Å². The van der Waals surface area contributed by atoms with E-state index in [1.54, 1.807) is 19.1 Å². The van der Waals surface area contributed by atoms with Crippen molar-refractivity contribution < 1.29 is 22.7 Å². The van der Waals surface area contributed by atoms with Gasteiger partial charge < -0.3 is 10.1 Å². The molecule has 0 saturated carbocycles. The van der Waals surface area contributed by atoms with Crippen LogP contribution in [-0.4, -0.2) is 17.5 Å². The molecule has 1 aromatic carbocycles. The molecule has 7 heteroatoms. The molecular formula is C19H19F3N2O2. The van der Waals surface area contributed by atoms with Crippen LogP contribution in [0, 0.1) is 20.8 Å². The van der Waals surface area contributed by atoms with Gasteiger partial charge in [0.25, 0.3) is 5.91 Å². The smallest absolute Gasteiger partial charge is 0.434 e. The van der Waals surface area contributed by atoms with Gasteiger partial charge in [-0.1, -0.05) is 24.8 Å². The number of rotatable bonds is 5. The molecule has 0 bridgehead atoms. The molecule has 26 heavy (non-hydrogen) atoms. The Balaban J connectivity index is 2.55. The van der Waals surface area contributed by atoms with Gasteiger partial charge in [0.1, 0.15) is 17.9 Å². The van der Waals surface area contributed by atoms with Crippen LogP contribution in [0.2, 0.25) is 0 Å². The summed E-state index contributed by atoms with van der Waals surface area (Å²) >= 11 is 0. The molecule has 1 aromatic heterocycles. The predicted octanol–water partition coefficient (Wildman–Crippen LogP) is 4.84. The molecule has 1 heterocycles. The van der Waals surface area contributed by atoms with E-state index in [0.29, 0.717) is 5.69 Å². The molecule has 2 aromatic rings. The van der Waals surface area contributed by atoms with Crippen molar-refractivity contribution >= 4 is 11.6 Å². The van der Waals surface area contributed by atoms with Gasteiger partial charge >= 0.3 is 6.18 Å². The minimum Gasteiger partial charge on any atom is -0.489 e. The van der Waals surface area contributed by atoms with E-state index in [4.69, 9.17) is 4.74 Å². The Morgan fingerprint density at radius 3 is 2.62 bits per heavy atom. The highest BCUT2D eigenvalue weighted by Gasteiger charge is 2.39. The monoisotopic (exact) mass is 364 g/mol. The molecule has 0 fully saturated rings. The maximum Gasteiger partial charge on any atom is 0.434 e. The topological polar surface area (TPSA) is 51.2 Å². The van der Waals surface area contributed by atoms with E-state index in [2.05, 4.69) is 16.9 Å². The van der Waals surface area contributed by atoms with Crippen molar-refractivity contribution in [1.82, 2.24) is 4.98 Å². The van der Waals surface area contributed by atoms with E-state index in [1.807, 2.05) is 13.0 Å². The highest BCUT2D eigenvalue weighted by molar-refractivity contribution is 6.07. The zero-order valence-electron chi connectivity index (χ0n) is 14.7. The van der Waals surface area contributed by atoms with Crippen molar-refractivity contribution in [2.75, 3.05) is 11.9 Å². The molecule has 0 atom stereocenters. The minimum absolute atomic E-state index is 0.0372. The second kappa shape index (κ2) is 7.59. The van der Waals surface area contributed by atoms with E-state index >= 15 is 0 Å². The molecular weight excluding hydrogens is 345 g/mol. The number of hydrogen-bond acceptors (Lipinski definition) is 3. The Morgan fingerprint density at radius 1 is 1.31 bits per heavy atom. The van der Waals surface area contributed by atoms with E-state index in [-0.39, 0.29) is 18.1 Å². The average molecular weight is 364 g/mol. The highest BCUT2D eigenvalue weighted by atomic mass is 19.4. The molecule has 2 rings (SSSR count). The fourth-order valence-electron chi connectivity index (χ4n) is 2.40. The number of carbonyl (C=O) groups excluding carboxylic acids is 1. The van der Waals surface area contributed by atoms with Crippen LogP contribution in [0.3, 0.4) is 0 Å². The molecule has 138 valence electrons. The van der Waals surface area contributed by atoms with Gasteiger partial charge in [0.05, 0.1) is 0 Å².